The Kier molecular flexibility index (Phi) is 7.07. The number of nitrogens with zero attached hydrogens (tertiary/aromatic N) is 1. The second-order valence-corrected chi connectivity index (χ2v) is 8.27. The van der Waals surface area contributed by atoms with Crippen LogP contribution in [0.2, 0.25) is 0 Å². The predicted octanol–water partition coefficient (Wildman–Crippen LogP) is 3.98. The van der Waals surface area contributed by atoms with E-state index in [4.69, 9.17) is 9.47 Å². The smallest absolute Gasteiger partial charge is 0.407 e. The van der Waals surface area contributed by atoms with Crippen molar-refractivity contribution >= 4 is 18.0 Å². The third-order valence-corrected chi connectivity index (χ3v) is 6.19. The first-order valence-corrected chi connectivity index (χ1v) is 11.3. The van der Waals surface area contributed by atoms with Crippen LogP contribution in [-0.2, 0) is 19.1 Å². The van der Waals surface area contributed by atoms with E-state index in [1.807, 2.05) is 36.4 Å². The lowest BCUT2D eigenvalue weighted by molar-refractivity contribution is -0.143. The van der Waals surface area contributed by atoms with Gasteiger partial charge in [0, 0.05) is 19.0 Å². The van der Waals surface area contributed by atoms with Gasteiger partial charge in [0.2, 0.25) is 5.91 Å². The van der Waals surface area contributed by atoms with Crippen LogP contribution in [0.1, 0.15) is 42.7 Å². The summed E-state index contributed by atoms with van der Waals surface area (Å²) in [5.41, 5.74) is 4.46. The minimum atomic E-state index is -1.05. The van der Waals surface area contributed by atoms with Crippen molar-refractivity contribution in [2.75, 3.05) is 19.7 Å². The van der Waals surface area contributed by atoms with E-state index in [0.717, 1.165) is 47.8 Å². The Hall–Kier alpha value is -3.61. The molecular weight excluding hydrogens is 420 g/mol. The number of fused-ring (bicyclic) bond motifs is 3. The summed E-state index contributed by atoms with van der Waals surface area (Å²) < 4.78 is 10.3. The second-order valence-electron chi connectivity index (χ2n) is 8.27. The first-order chi connectivity index (χ1) is 16.1. The number of ether oxygens (including phenoxy) is 2. The number of rotatable bonds is 7. The summed E-state index contributed by atoms with van der Waals surface area (Å²) >= 11 is 0. The highest BCUT2D eigenvalue weighted by Crippen LogP contribution is 2.44. The van der Waals surface area contributed by atoms with Gasteiger partial charge in [-0.15, -0.1) is 0 Å². The summed E-state index contributed by atoms with van der Waals surface area (Å²) in [6.45, 7) is 4.71. The number of esters is 1. The zero-order chi connectivity index (χ0) is 23.2. The molecule has 1 aliphatic heterocycles. The summed E-state index contributed by atoms with van der Waals surface area (Å²) in [6.07, 6.45) is 2.86. The molecular formula is C26H28N2O5. The van der Waals surface area contributed by atoms with E-state index in [9.17, 15) is 14.4 Å². The molecule has 0 radical (unpaired) electrons. The lowest BCUT2D eigenvalue weighted by Crippen LogP contribution is -2.51. The third-order valence-electron chi connectivity index (χ3n) is 6.19. The molecule has 0 bridgehead atoms. The van der Waals surface area contributed by atoms with E-state index in [1.165, 1.54) is 0 Å². The maximum absolute atomic E-state index is 13.0. The summed E-state index contributed by atoms with van der Waals surface area (Å²) in [5, 5.41) is 2.59. The fourth-order valence-electron chi connectivity index (χ4n) is 4.62. The van der Waals surface area contributed by atoms with Crippen molar-refractivity contribution < 1.29 is 23.9 Å². The van der Waals surface area contributed by atoms with Crippen molar-refractivity contribution in [1.82, 2.24) is 10.2 Å². The molecule has 2 aromatic carbocycles. The molecule has 0 unspecified atom stereocenters. The normalized spacial score (nSPS) is 15.7. The summed E-state index contributed by atoms with van der Waals surface area (Å²) in [7, 11) is 0. The molecule has 2 aliphatic rings. The first-order valence-electron chi connectivity index (χ1n) is 11.3. The van der Waals surface area contributed by atoms with Crippen molar-refractivity contribution in [3.8, 4) is 11.1 Å². The van der Waals surface area contributed by atoms with E-state index in [2.05, 4.69) is 24.0 Å². The zero-order valence-corrected chi connectivity index (χ0v) is 18.5. The SMILES string of the molecule is C=COC(=O)C[C@H](NC(=O)OCC1c2ccccc2-c2ccccc21)C(=O)N1CCCCC1. The first kappa shape index (κ1) is 22.6. The van der Waals surface area contributed by atoms with Gasteiger partial charge in [0.25, 0.3) is 0 Å². The predicted molar refractivity (Wildman–Crippen MR) is 123 cm³/mol. The zero-order valence-electron chi connectivity index (χ0n) is 18.5. The number of carbonyl (C=O) groups excluding carboxylic acids is 3. The van der Waals surface area contributed by atoms with E-state index in [0.29, 0.717) is 13.1 Å². The molecule has 0 aromatic heterocycles. The fraction of sp³-hybridized carbons (Fsp3) is 0.346. The average Bonchev–Trinajstić information content (AvgIpc) is 3.16. The number of benzene rings is 2. The Morgan fingerprint density at radius 3 is 2.21 bits per heavy atom. The van der Waals surface area contributed by atoms with Crippen LogP contribution in [0, 0.1) is 0 Å². The van der Waals surface area contributed by atoms with E-state index >= 15 is 0 Å². The maximum Gasteiger partial charge on any atom is 0.407 e. The van der Waals surface area contributed by atoms with Gasteiger partial charge in [-0.3, -0.25) is 9.59 Å². The Labute approximate surface area is 193 Å². The summed E-state index contributed by atoms with van der Waals surface area (Å²) in [6, 6.07) is 15.1. The second kappa shape index (κ2) is 10.3. The number of hydrogen-bond acceptors (Lipinski definition) is 5. The van der Waals surface area contributed by atoms with Crippen LogP contribution in [0.5, 0.6) is 0 Å². The number of amides is 2. The topological polar surface area (TPSA) is 84.9 Å². The van der Waals surface area contributed by atoms with Gasteiger partial charge < -0.3 is 19.7 Å². The van der Waals surface area contributed by atoms with Gasteiger partial charge in [-0.2, -0.15) is 0 Å². The molecule has 1 atom stereocenters. The molecule has 1 fully saturated rings. The minimum absolute atomic E-state index is 0.0925. The fourth-order valence-corrected chi connectivity index (χ4v) is 4.62. The molecule has 0 saturated carbocycles. The minimum Gasteiger partial charge on any atom is -0.449 e. The Bertz CT molecular complexity index is 999. The van der Waals surface area contributed by atoms with Gasteiger partial charge in [0.1, 0.15) is 12.6 Å². The lowest BCUT2D eigenvalue weighted by Gasteiger charge is -2.30. The van der Waals surface area contributed by atoms with Crippen molar-refractivity contribution in [2.45, 2.75) is 37.6 Å². The van der Waals surface area contributed by atoms with E-state index < -0.39 is 18.1 Å². The molecule has 7 heteroatoms. The van der Waals surface area contributed by atoms with Crippen LogP contribution < -0.4 is 5.32 Å². The summed E-state index contributed by atoms with van der Waals surface area (Å²) in [5.74, 6) is -1.03. The summed E-state index contributed by atoms with van der Waals surface area (Å²) in [4.78, 5) is 39.4. The molecule has 4 rings (SSSR count). The number of carbonyl (C=O) groups is 3. The molecule has 33 heavy (non-hydrogen) atoms. The van der Waals surface area contributed by atoms with Gasteiger partial charge in [0.05, 0.1) is 12.7 Å². The molecule has 1 saturated heterocycles. The largest absolute Gasteiger partial charge is 0.449 e. The van der Waals surface area contributed by atoms with Crippen molar-refractivity contribution in [1.29, 1.82) is 0 Å². The van der Waals surface area contributed by atoms with Gasteiger partial charge in [-0.1, -0.05) is 55.1 Å². The molecule has 0 spiro atoms. The highest BCUT2D eigenvalue weighted by molar-refractivity contribution is 5.90. The van der Waals surface area contributed by atoms with Crippen molar-refractivity contribution in [3.05, 3.63) is 72.5 Å². The number of likely N-dealkylation sites (tertiary alicyclic amines) is 1. The monoisotopic (exact) mass is 448 g/mol. The molecule has 7 nitrogen and oxygen atoms in total. The molecule has 2 aromatic rings. The highest BCUT2D eigenvalue weighted by Gasteiger charge is 2.32. The van der Waals surface area contributed by atoms with Gasteiger partial charge >= 0.3 is 12.1 Å². The van der Waals surface area contributed by atoms with Crippen LogP contribution in [0.25, 0.3) is 11.1 Å². The van der Waals surface area contributed by atoms with Crippen LogP contribution >= 0.6 is 0 Å². The quantitative estimate of drug-likeness (QED) is 0.512. The standard InChI is InChI=1S/C26H28N2O5/c1-2-32-24(29)16-23(25(30)28-14-8-3-9-15-28)27-26(31)33-17-22-20-12-6-4-10-18(20)19-11-5-7-13-21(19)22/h2,4-7,10-13,22-23H,1,3,8-9,14-17H2,(H,27,31)/t23-/m0/s1. The van der Waals surface area contributed by atoms with Gasteiger partial charge in [0.15, 0.2) is 0 Å². The van der Waals surface area contributed by atoms with Crippen molar-refractivity contribution in [2.24, 2.45) is 0 Å². The number of hydrogen-bond donors (Lipinski definition) is 1. The third kappa shape index (κ3) is 5.08. The Balaban J connectivity index is 1.43. The number of piperidine rings is 1. The molecule has 1 aliphatic carbocycles. The van der Waals surface area contributed by atoms with Crippen molar-refractivity contribution in [3.63, 3.8) is 0 Å². The van der Waals surface area contributed by atoms with Crippen LogP contribution in [-0.4, -0.2) is 48.6 Å². The number of alkyl carbamates (subject to hydrolysis) is 1. The highest BCUT2D eigenvalue weighted by atomic mass is 16.5. The number of nitrogens with one attached hydrogen (secondary N) is 1. The van der Waals surface area contributed by atoms with Crippen LogP contribution in [0.3, 0.4) is 0 Å². The maximum atomic E-state index is 13.0. The van der Waals surface area contributed by atoms with Gasteiger partial charge in [-0.25, -0.2) is 4.79 Å². The Morgan fingerprint density at radius 2 is 1.61 bits per heavy atom. The Morgan fingerprint density at radius 1 is 1.00 bits per heavy atom. The van der Waals surface area contributed by atoms with E-state index in [-0.39, 0.29) is 24.9 Å². The van der Waals surface area contributed by atoms with Crippen LogP contribution in [0.15, 0.2) is 61.4 Å². The lowest BCUT2D eigenvalue weighted by atomic mass is 9.98. The van der Waals surface area contributed by atoms with Gasteiger partial charge in [-0.05, 0) is 41.5 Å². The molecule has 1 heterocycles. The molecule has 2 amide bonds. The van der Waals surface area contributed by atoms with Crippen LogP contribution in [0.4, 0.5) is 4.79 Å². The van der Waals surface area contributed by atoms with E-state index in [1.54, 1.807) is 4.90 Å². The molecule has 172 valence electrons. The molecule has 1 N–H and O–H groups in total. The average molecular weight is 449 g/mol.